The average Bonchev–Trinajstić information content (AvgIpc) is 3.50. The molecule has 0 aromatic heterocycles. The van der Waals surface area contributed by atoms with Crippen molar-refractivity contribution in [3.8, 4) is 11.5 Å². The number of methoxy groups -OCH3 is 2. The van der Waals surface area contributed by atoms with Crippen LogP contribution in [0.25, 0.3) is 0 Å². The first-order chi connectivity index (χ1) is 13.3. The zero-order chi connectivity index (χ0) is 20.3. The Morgan fingerprint density at radius 2 is 1.86 bits per heavy atom. The second kappa shape index (κ2) is 8.20. The first kappa shape index (κ1) is 20.2. The van der Waals surface area contributed by atoms with E-state index in [-0.39, 0.29) is 28.4 Å². The number of sulfonamides is 1. The lowest BCUT2D eigenvalue weighted by atomic mass is 10.1. The molecule has 1 fully saturated rings. The number of benzene rings is 2. The van der Waals surface area contributed by atoms with E-state index in [2.05, 4.69) is 10.0 Å². The Morgan fingerprint density at radius 1 is 1.11 bits per heavy atom. The molecule has 1 aliphatic rings. The summed E-state index contributed by atoms with van der Waals surface area (Å²) in [5.41, 5.74) is 1.06. The van der Waals surface area contributed by atoms with Gasteiger partial charge in [-0.05, 0) is 50.1 Å². The Balaban J connectivity index is 1.77. The number of amides is 1. The molecule has 0 spiro atoms. The third-order valence-corrected chi connectivity index (χ3v) is 6.08. The Labute approximate surface area is 165 Å². The number of hydrogen-bond donors (Lipinski definition) is 2. The van der Waals surface area contributed by atoms with Crippen molar-refractivity contribution in [3.05, 3.63) is 53.6 Å². The van der Waals surface area contributed by atoms with E-state index in [0.717, 1.165) is 18.4 Å². The van der Waals surface area contributed by atoms with Gasteiger partial charge in [0.15, 0.2) is 0 Å². The van der Waals surface area contributed by atoms with Gasteiger partial charge in [-0.25, -0.2) is 13.1 Å². The average molecular weight is 404 g/mol. The van der Waals surface area contributed by atoms with E-state index < -0.39 is 10.0 Å². The van der Waals surface area contributed by atoms with Gasteiger partial charge in [0.1, 0.15) is 11.5 Å². The largest absolute Gasteiger partial charge is 0.497 e. The van der Waals surface area contributed by atoms with Gasteiger partial charge in [0.25, 0.3) is 5.91 Å². The van der Waals surface area contributed by atoms with Gasteiger partial charge in [-0.3, -0.25) is 4.79 Å². The van der Waals surface area contributed by atoms with Crippen molar-refractivity contribution >= 4 is 15.9 Å². The summed E-state index contributed by atoms with van der Waals surface area (Å²) in [7, 11) is -0.498. The molecular formula is C20H24N2O5S. The van der Waals surface area contributed by atoms with Crippen LogP contribution in [0.4, 0.5) is 0 Å². The first-order valence-corrected chi connectivity index (χ1v) is 10.5. The molecule has 1 unspecified atom stereocenters. The summed E-state index contributed by atoms with van der Waals surface area (Å²) in [6, 6.07) is 11.0. The molecule has 7 nitrogen and oxygen atoms in total. The maximum Gasteiger partial charge on any atom is 0.251 e. The van der Waals surface area contributed by atoms with Gasteiger partial charge >= 0.3 is 0 Å². The summed E-state index contributed by atoms with van der Waals surface area (Å²) in [6.07, 6.45) is 1.70. The SMILES string of the molecule is COc1ccc(C(C)NC(=O)c2cccc(S(=O)(=O)NC3CC3)c2)c(OC)c1. The van der Waals surface area contributed by atoms with E-state index >= 15 is 0 Å². The van der Waals surface area contributed by atoms with Gasteiger partial charge in [-0.1, -0.05) is 6.07 Å². The molecule has 3 rings (SSSR count). The number of nitrogens with one attached hydrogen (secondary N) is 2. The van der Waals surface area contributed by atoms with Crippen molar-refractivity contribution in [2.24, 2.45) is 0 Å². The van der Waals surface area contributed by atoms with Crippen LogP contribution in [0.2, 0.25) is 0 Å². The summed E-state index contributed by atoms with van der Waals surface area (Å²) >= 11 is 0. The smallest absolute Gasteiger partial charge is 0.251 e. The van der Waals surface area contributed by atoms with Crippen molar-refractivity contribution < 1.29 is 22.7 Å². The van der Waals surface area contributed by atoms with Crippen LogP contribution in [-0.4, -0.2) is 34.6 Å². The molecule has 0 radical (unpaired) electrons. The minimum Gasteiger partial charge on any atom is -0.497 e. The highest BCUT2D eigenvalue weighted by Crippen LogP contribution is 2.29. The molecular weight excluding hydrogens is 380 g/mol. The van der Waals surface area contributed by atoms with E-state index in [9.17, 15) is 13.2 Å². The standard InChI is InChI=1S/C20H24N2O5S/c1-13(18-10-9-16(26-2)12-19(18)27-3)21-20(23)14-5-4-6-17(11-14)28(24,25)22-15-7-8-15/h4-6,9-13,15,22H,7-8H2,1-3H3,(H,21,23). The first-order valence-electron chi connectivity index (χ1n) is 8.99. The molecule has 150 valence electrons. The highest BCUT2D eigenvalue weighted by Gasteiger charge is 2.28. The normalized spacial score (nSPS) is 15.0. The van der Waals surface area contributed by atoms with Crippen LogP contribution in [0.3, 0.4) is 0 Å². The molecule has 2 N–H and O–H groups in total. The van der Waals surface area contributed by atoms with E-state index in [1.807, 2.05) is 13.0 Å². The van der Waals surface area contributed by atoms with E-state index in [4.69, 9.17) is 9.47 Å². The fourth-order valence-electron chi connectivity index (χ4n) is 2.83. The van der Waals surface area contributed by atoms with Crippen LogP contribution < -0.4 is 19.5 Å². The summed E-state index contributed by atoms with van der Waals surface area (Å²) in [6.45, 7) is 1.83. The van der Waals surface area contributed by atoms with Crippen molar-refractivity contribution in [3.63, 3.8) is 0 Å². The van der Waals surface area contributed by atoms with Gasteiger partial charge in [-0.15, -0.1) is 0 Å². The van der Waals surface area contributed by atoms with Gasteiger partial charge in [0.2, 0.25) is 10.0 Å². The molecule has 2 aromatic carbocycles. The van der Waals surface area contributed by atoms with Gasteiger partial charge in [0.05, 0.1) is 25.2 Å². The zero-order valence-corrected chi connectivity index (χ0v) is 16.9. The fraction of sp³-hybridized carbons (Fsp3) is 0.350. The van der Waals surface area contributed by atoms with Crippen molar-refractivity contribution in [1.82, 2.24) is 10.0 Å². The van der Waals surface area contributed by atoms with Gasteiger partial charge in [-0.2, -0.15) is 0 Å². The lowest BCUT2D eigenvalue weighted by molar-refractivity contribution is 0.0939. The fourth-order valence-corrected chi connectivity index (χ4v) is 4.18. The molecule has 2 aromatic rings. The molecule has 1 amide bonds. The number of rotatable bonds is 8. The maximum atomic E-state index is 12.7. The summed E-state index contributed by atoms with van der Waals surface area (Å²) < 4.78 is 37.9. The molecule has 0 saturated heterocycles. The molecule has 28 heavy (non-hydrogen) atoms. The lowest BCUT2D eigenvalue weighted by Crippen LogP contribution is -2.28. The van der Waals surface area contributed by atoms with Gasteiger partial charge in [0, 0.05) is 23.2 Å². The van der Waals surface area contributed by atoms with Crippen LogP contribution in [0.5, 0.6) is 11.5 Å². The molecule has 0 bridgehead atoms. The Kier molecular flexibility index (Phi) is 5.90. The number of ether oxygens (including phenoxy) is 2. The minimum absolute atomic E-state index is 0.00467. The lowest BCUT2D eigenvalue weighted by Gasteiger charge is -2.18. The molecule has 1 saturated carbocycles. The molecule has 1 aliphatic carbocycles. The number of carbonyl (C=O) groups excluding carboxylic acids is 1. The minimum atomic E-state index is -3.62. The Morgan fingerprint density at radius 3 is 2.50 bits per heavy atom. The zero-order valence-electron chi connectivity index (χ0n) is 16.1. The van der Waals surface area contributed by atoms with Crippen LogP contribution >= 0.6 is 0 Å². The van der Waals surface area contributed by atoms with Crippen molar-refractivity contribution in [2.75, 3.05) is 14.2 Å². The van der Waals surface area contributed by atoms with E-state index in [1.165, 1.54) is 12.1 Å². The maximum absolute atomic E-state index is 12.7. The van der Waals surface area contributed by atoms with Crippen LogP contribution in [0.1, 0.15) is 41.7 Å². The van der Waals surface area contributed by atoms with Crippen LogP contribution in [-0.2, 0) is 10.0 Å². The Hall–Kier alpha value is -2.58. The topological polar surface area (TPSA) is 93.7 Å². The summed E-state index contributed by atoms with van der Waals surface area (Å²) in [5, 5.41) is 2.88. The second-order valence-corrected chi connectivity index (χ2v) is 8.44. The number of hydrogen-bond acceptors (Lipinski definition) is 5. The molecule has 1 atom stereocenters. The van der Waals surface area contributed by atoms with E-state index in [0.29, 0.717) is 11.5 Å². The number of carbonyl (C=O) groups is 1. The van der Waals surface area contributed by atoms with Crippen molar-refractivity contribution in [1.29, 1.82) is 0 Å². The van der Waals surface area contributed by atoms with Gasteiger partial charge < -0.3 is 14.8 Å². The monoisotopic (exact) mass is 404 g/mol. The van der Waals surface area contributed by atoms with Crippen molar-refractivity contribution in [2.45, 2.75) is 36.7 Å². The molecule has 8 heteroatoms. The summed E-state index contributed by atoms with van der Waals surface area (Å²) in [4.78, 5) is 12.8. The quantitative estimate of drug-likeness (QED) is 0.705. The highest BCUT2D eigenvalue weighted by atomic mass is 32.2. The predicted octanol–water partition coefficient (Wildman–Crippen LogP) is 2.64. The summed E-state index contributed by atoms with van der Waals surface area (Å²) in [5.74, 6) is 0.881. The third-order valence-electron chi connectivity index (χ3n) is 4.56. The molecule has 0 aliphatic heterocycles. The Bertz CT molecular complexity index is 970. The molecule has 0 heterocycles. The predicted molar refractivity (Wildman–Crippen MR) is 105 cm³/mol. The van der Waals surface area contributed by atoms with Crippen LogP contribution in [0.15, 0.2) is 47.4 Å². The van der Waals surface area contributed by atoms with Crippen LogP contribution in [0, 0.1) is 0 Å². The highest BCUT2D eigenvalue weighted by molar-refractivity contribution is 7.89. The third kappa shape index (κ3) is 4.63. The van der Waals surface area contributed by atoms with E-state index in [1.54, 1.807) is 38.5 Å². The second-order valence-electron chi connectivity index (χ2n) is 6.73.